The molecular weight excluding hydrogens is 336 g/mol. The smallest absolute Gasteiger partial charge is 0.311 e. The van der Waals surface area contributed by atoms with Crippen LogP contribution in [0.1, 0.15) is 44.8 Å². The SMILES string of the molecule is C[C@@H]1CCCC[C@H]1NC(=O)COC(=O)[C@@H]1CC(=O)N(Cc2ccco2)C1. The van der Waals surface area contributed by atoms with Crippen molar-refractivity contribution in [3.63, 3.8) is 0 Å². The molecule has 0 radical (unpaired) electrons. The van der Waals surface area contributed by atoms with Gasteiger partial charge in [-0.2, -0.15) is 0 Å². The van der Waals surface area contributed by atoms with Crippen molar-refractivity contribution in [3.8, 4) is 0 Å². The molecule has 1 saturated heterocycles. The molecule has 3 atom stereocenters. The summed E-state index contributed by atoms with van der Waals surface area (Å²) in [5.74, 6) is -0.275. The Hall–Kier alpha value is -2.31. The second kappa shape index (κ2) is 8.38. The Balaban J connectivity index is 1.42. The van der Waals surface area contributed by atoms with Crippen LogP contribution in [-0.4, -0.2) is 41.9 Å². The van der Waals surface area contributed by atoms with Crippen LogP contribution >= 0.6 is 0 Å². The molecule has 0 aromatic carbocycles. The molecule has 2 fully saturated rings. The number of nitrogens with one attached hydrogen (secondary N) is 1. The molecule has 1 aromatic rings. The van der Waals surface area contributed by atoms with Gasteiger partial charge in [0.1, 0.15) is 5.76 Å². The maximum Gasteiger partial charge on any atom is 0.311 e. The molecule has 2 heterocycles. The fourth-order valence-corrected chi connectivity index (χ4v) is 3.71. The van der Waals surface area contributed by atoms with E-state index in [1.54, 1.807) is 23.3 Å². The number of ether oxygens (including phenoxy) is 1. The second-order valence-corrected chi connectivity index (χ2v) is 7.30. The van der Waals surface area contributed by atoms with Gasteiger partial charge in [-0.3, -0.25) is 14.4 Å². The molecule has 3 rings (SSSR count). The van der Waals surface area contributed by atoms with Crippen molar-refractivity contribution in [3.05, 3.63) is 24.2 Å². The van der Waals surface area contributed by atoms with Gasteiger partial charge in [-0.05, 0) is 30.9 Å². The van der Waals surface area contributed by atoms with Crippen molar-refractivity contribution >= 4 is 17.8 Å². The number of rotatable bonds is 6. The number of nitrogens with zero attached hydrogens (tertiary/aromatic N) is 1. The normalized spacial score (nSPS) is 26.0. The fourth-order valence-electron chi connectivity index (χ4n) is 3.71. The Morgan fingerprint density at radius 3 is 2.88 bits per heavy atom. The van der Waals surface area contributed by atoms with Crippen LogP contribution in [0.15, 0.2) is 22.8 Å². The lowest BCUT2D eigenvalue weighted by Crippen LogP contribution is -2.43. The van der Waals surface area contributed by atoms with Crippen LogP contribution in [0.2, 0.25) is 0 Å². The molecule has 1 aliphatic carbocycles. The van der Waals surface area contributed by atoms with E-state index < -0.39 is 11.9 Å². The van der Waals surface area contributed by atoms with Crippen molar-refractivity contribution in [2.45, 2.75) is 51.6 Å². The third kappa shape index (κ3) is 4.65. The Morgan fingerprint density at radius 2 is 2.15 bits per heavy atom. The van der Waals surface area contributed by atoms with Crippen LogP contribution in [0.4, 0.5) is 0 Å². The molecule has 2 amide bonds. The summed E-state index contributed by atoms with van der Waals surface area (Å²) in [5.41, 5.74) is 0. The minimum atomic E-state index is -0.529. The first-order chi connectivity index (χ1) is 12.5. The molecule has 1 aromatic heterocycles. The minimum absolute atomic E-state index is 0.108. The average molecular weight is 362 g/mol. The number of carbonyl (C=O) groups is 3. The fraction of sp³-hybridized carbons (Fsp3) is 0.632. The van der Waals surface area contributed by atoms with E-state index in [0.29, 0.717) is 24.8 Å². The summed E-state index contributed by atoms with van der Waals surface area (Å²) >= 11 is 0. The summed E-state index contributed by atoms with van der Waals surface area (Å²) in [7, 11) is 0. The first kappa shape index (κ1) is 18.5. The van der Waals surface area contributed by atoms with Crippen LogP contribution in [-0.2, 0) is 25.7 Å². The highest BCUT2D eigenvalue weighted by Gasteiger charge is 2.36. The molecule has 0 unspecified atom stereocenters. The number of esters is 1. The van der Waals surface area contributed by atoms with Gasteiger partial charge in [0.2, 0.25) is 5.91 Å². The highest BCUT2D eigenvalue weighted by molar-refractivity contribution is 5.88. The summed E-state index contributed by atoms with van der Waals surface area (Å²) < 4.78 is 10.4. The highest BCUT2D eigenvalue weighted by atomic mass is 16.5. The highest BCUT2D eigenvalue weighted by Crippen LogP contribution is 2.24. The van der Waals surface area contributed by atoms with Crippen molar-refractivity contribution in [2.24, 2.45) is 11.8 Å². The van der Waals surface area contributed by atoms with Crippen molar-refractivity contribution in [1.29, 1.82) is 0 Å². The van der Waals surface area contributed by atoms with Gasteiger partial charge in [-0.1, -0.05) is 19.8 Å². The third-order valence-electron chi connectivity index (χ3n) is 5.28. The van der Waals surface area contributed by atoms with E-state index in [9.17, 15) is 14.4 Å². The van der Waals surface area contributed by atoms with Crippen LogP contribution in [0, 0.1) is 11.8 Å². The Kier molecular flexibility index (Phi) is 5.96. The Morgan fingerprint density at radius 1 is 1.35 bits per heavy atom. The average Bonchev–Trinajstić information content (AvgIpc) is 3.25. The zero-order valence-corrected chi connectivity index (χ0v) is 15.1. The number of likely N-dealkylation sites (tertiary alicyclic amines) is 1. The maximum atomic E-state index is 12.2. The van der Waals surface area contributed by atoms with E-state index in [1.807, 2.05) is 0 Å². The molecule has 142 valence electrons. The van der Waals surface area contributed by atoms with E-state index in [2.05, 4.69) is 12.2 Å². The van der Waals surface area contributed by atoms with E-state index in [1.165, 1.54) is 6.42 Å². The molecule has 1 aliphatic heterocycles. The van der Waals surface area contributed by atoms with Crippen LogP contribution < -0.4 is 5.32 Å². The summed E-state index contributed by atoms with van der Waals surface area (Å²) in [5, 5.41) is 2.96. The van der Waals surface area contributed by atoms with Crippen LogP contribution in [0.5, 0.6) is 0 Å². The first-order valence-electron chi connectivity index (χ1n) is 9.29. The molecule has 0 bridgehead atoms. The van der Waals surface area contributed by atoms with Gasteiger partial charge < -0.3 is 19.4 Å². The molecular formula is C19H26N2O5. The number of hydrogen-bond acceptors (Lipinski definition) is 5. The molecule has 1 N–H and O–H groups in total. The lowest BCUT2D eigenvalue weighted by Gasteiger charge is -2.29. The topological polar surface area (TPSA) is 88.8 Å². The van der Waals surface area contributed by atoms with Gasteiger partial charge in [-0.15, -0.1) is 0 Å². The quantitative estimate of drug-likeness (QED) is 0.781. The van der Waals surface area contributed by atoms with Crippen molar-refractivity contribution < 1.29 is 23.5 Å². The first-order valence-corrected chi connectivity index (χ1v) is 9.29. The summed E-state index contributed by atoms with van der Waals surface area (Å²) in [4.78, 5) is 37.9. The number of amides is 2. The predicted octanol–water partition coefficient (Wildman–Crippen LogP) is 1.87. The number of hydrogen-bond donors (Lipinski definition) is 1. The van der Waals surface area contributed by atoms with Gasteiger partial charge in [0, 0.05) is 19.0 Å². The van der Waals surface area contributed by atoms with Crippen LogP contribution in [0.25, 0.3) is 0 Å². The van der Waals surface area contributed by atoms with E-state index in [4.69, 9.17) is 9.15 Å². The number of carbonyl (C=O) groups excluding carboxylic acids is 3. The van der Waals surface area contributed by atoms with Gasteiger partial charge >= 0.3 is 5.97 Å². The summed E-state index contributed by atoms with van der Waals surface area (Å²) in [6.07, 6.45) is 6.06. The molecule has 26 heavy (non-hydrogen) atoms. The third-order valence-corrected chi connectivity index (χ3v) is 5.28. The summed E-state index contributed by atoms with van der Waals surface area (Å²) in [6.45, 7) is 2.48. The standard InChI is InChI=1S/C19H26N2O5/c1-13-5-2-3-7-16(13)20-17(22)12-26-19(24)14-9-18(23)21(10-14)11-15-6-4-8-25-15/h4,6,8,13-14,16H,2-3,5,7,9-12H2,1H3,(H,20,22)/t13-,14-,16-/m1/s1. The zero-order chi connectivity index (χ0) is 18.5. The van der Waals surface area contributed by atoms with E-state index in [-0.39, 0.29) is 30.9 Å². The zero-order valence-electron chi connectivity index (χ0n) is 15.1. The number of furan rings is 1. The molecule has 7 nitrogen and oxygen atoms in total. The van der Waals surface area contributed by atoms with Crippen molar-refractivity contribution in [1.82, 2.24) is 10.2 Å². The lowest BCUT2D eigenvalue weighted by atomic mass is 9.86. The second-order valence-electron chi connectivity index (χ2n) is 7.30. The lowest BCUT2D eigenvalue weighted by molar-refractivity contribution is -0.152. The van der Waals surface area contributed by atoms with E-state index in [0.717, 1.165) is 19.3 Å². The van der Waals surface area contributed by atoms with Gasteiger partial charge in [0.05, 0.1) is 18.7 Å². The molecule has 2 aliphatic rings. The Bertz CT molecular complexity index is 642. The van der Waals surface area contributed by atoms with E-state index >= 15 is 0 Å². The molecule has 1 saturated carbocycles. The molecule has 0 spiro atoms. The monoisotopic (exact) mass is 362 g/mol. The maximum absolute atomic E-state index is 12.2. The predicted molar refractivity (Wildman–Crippen MR) is 92.8 cm³/mol. The largest absolute Gasteiger partial charge is 0.467 e. The van der Waals surface area contributed by atoms with Gasteiger partial charge in [0.15, 0.2) is 6.61 Å². The minimum Gasteiger partial charge on any atom is -0.467 e. The summed E-state index contributed by atoms with van der Waals surface area (Å²) in [6, 6.07) is 3.70. The molecule has 7 heteroatoms. The van der Waals surface area contributed by atoms with Crippen molar-refractivity contribution in [2.75, 3.05) is 13.2 Å². The van der Waals surface area contributed by atoms with Gasteiger partial charge in [-0.25, -0.2) is 0 Å². The van der Waals surface area contributed by atoms with Gasteiger partial charge in [0.25, 0.3) is 5.91 Å². The Labute approximate surface area is 153 Å². The van der Waals surface area contributed by atoms with Crippen LogP contribution in [0.3, 0.4) is 0 Å².